The van der Waals surface area contributed by atoms with E-state index in [0.717, 1.165) is 43.4 Å². The summed E-state index contributed by atoms with van der Waals surface area (Å²) >= 11 is 0. The summed E-state index contributed by atoms with van der Waals surface area (Å²) in [6, 6.07) is 8.47. The van der Waals surface area contributed by atoms with Crippen LogP contribution in [-0.4, -0.2) is 54.3 Å². The first kappa shape index (κ1) is 16.4. The lowest BCUT2D eigenvalue weighted by molar-refractivity contribution is -0.104. The maximum absolute atomic E-state index is 5.89. The molecule has 3 rings (SSSR count). The molecule has 1 saturated heterocycles. The van der Waals surface area contributed by atoms with Gasteiger partial charge >= 0.3 is 0 Å². The zero-order chi connectivity index (χ0) is 16.9. The Kier molecular flexibility index (Phi) is 5.05. The van der Waals surface area contributed by atoms with E-state index < -0.39 is 0 Å². The van der Waals surface area contributed by atoms with E-state index in [9.17, 15) is 0 Å². The molecule has 1 aromatic heterocycles. The number of hydrogen-bond acceptors (Lipinski definition) is 5. The summed E-state index contributed by atoms with van der Waals surface area (Å²) in [5.74, 6) is 1.69. The molecule has 24 heavy (non-hydrogen) atoms. The molecule has 0 amide bonds. The number of anilines is 2. The lowest BCUT2D eigenvalue weighted by Gasteiger charge is -2.33. The van der Waals surface area contributed by atoms with Crippen molar-refractivity contribution < 1.29 is 5.41 Å². The van der Waals surface area contributed by atoms with Gasteiger partial charge in [0.2, 0.25) is 0 Å². The highest BCUT2D eigenvalue weighted by Crippen LogP contribution is 2.22. The lowest BCUT2D eigenvalue weighted by Crippen LogP contribution is -2.45. The number of nitrogens with one attached hydrogen (secondary N) is 1. The second-order valence-electron chi connectivity index (χ2n) is 6.26. The van der Waals surface area contributed by atoms with E-state index in [2.05, 4.69) is 63.3 Å². The van der Waals surface area contributed by atoms with Crippen molar-refractivity contribution in [3.8, 4) is 0 Å². The summed E-state index contributed by atoms with van der Waals surface area (Å²) in [4.78, 5) is 13.4. The number of rotatable bonds is 5. The van der Waals surface area contributed by atoms with Crippen molar-refractivity contribution >= 4 is 17.9 Å². The third kappa shape index (κ3) is 3.71. The summed E-state index contributed by atoms with van der Waals surface area (Å²) in [6.45, 7) is 6.75. The van der Waals surface area contributed by atoms with Crippen LogP contribution in [0.15, 0.2) is 30.6 Å². The Morgan fingerprint density at radius 1 is 1.12 bits per heavy atom. The fraction of sp³-hybridized carbons (Fsp3) is 0.389. The Morgan fingerprint density at radius 3 is 2.50 bits per heavy atom. The number of piperazine rings is 1. The normalized spacial score (nSPS) is 15.3. The van der Waals surface area contributed by atoms with E-state index in [1.165, 1.54) is 11.1 Å². The number of nitrogens with two attached hydrogens (primary N) is 1. The third-order valence-electron chi connectivity index (χ3n) is 4.41. The third-order valence-corrected chi connectivity index (χ3v) is 4.41. The predicted molar refractivity (Wildman–Crippen MR) is 97.3 cm³/mol. The van der Waals surface area contributed by atoms with E-state index in [-0.39, 0.29) is 0 Å². The largest absolute Gasteiger partial charge is 0.365 e. The molecule has 1 aliphatic rings. The number of aryl methyl sites for hydroxylation is 1. The van der Waals surface area contributed by atoms with Crippen LogP contribution in [-0.2, 0) is 6.54 Å². The SMILES string of the molecule is Cc1ccc(CNc2ncnc(N3CCN(C)CC3)c2C=[NH2+])cc1. The van der Waals surface area contributed by atoms with Crippen LogP contribution in [0.25, 0.3) is 0 Å². The van der Waals surface area contributed by atoms with E-state index in [4.69, 9.17) is 5.41 Å². The van der Waals surface area contributed by atoms with Crippen LogP contribution < -0.4 is 15.6 Å². The van der Waals surface area contributed by atoms with Gasteiger partial charge in [-0.05, 0) is 19.5 Å². The van der Waals surface area contributed by atoms with Gasteiger partial charge in [-0.1, -0.05) is 29.8 Å². The van der Waals surface area contributed by atoms with Crippen LogP contribution in [0.3, 0.4) is 0 Å². The molecule has 1 aliphatic heterocycles. The Hall–Kier alpha value is -2.47. The quantitative estimate of drug-likeness (QED) is 0.775. The first-order valence-electron chi connectivity index (χ1n) is 8.30. The molecule has 0 unspecified atom stereocenters. The Labute approximate surface area is 143 Å². The van der Waals surface area contributed by atoms with Crippen molar-refractivity contribution in [3.05, 3.63) is 47.3 Å². The molecule has 2 heterocycles. The zero-order valence-electron chi connectivity index (χ0n) is 14.4. The fourth-order valence-corrected chi connectivity index (χ4v) is 2.84. The molecule has 6 nitrogen and oxygen atoms in total. The number of nitrogens with zero attached hydrogens (tertiary/aromatic N) is 4. The fourth-order valence-electron chi connectivity index (χ4n) is 2.84. The van der Waals surface area contributed by atoms with Crippen LogP contribution in [0, 0.1) is 6.92 Å². The molecular weight excluding hydrogens is 300 g/mol. The van der Waals surface area contributed by atoms with Crippen LogP contribution in [0.4, 0.5) is 11.6 Å². The van der Waals surface area contributed by atoms with Crippen molar-refractivity contribution in [2.75, 3.05) is 43.4 Å². The number of benzene rings is 1. The van der Waals surface area contributed by atoms with Gasteiger partial charge in [-0.15, -0.1) is 0 Å². The highest BCUT2D eigenvalue weighted by atomic mass is 15.3. The van der Waals surface area contributed by atoms with Gasteiger partial charge in [0.25, 0.3) is 0 Å². The minimum atomic E-state index is 0.709. The molecule has 2 aromatic rings. The highest BCUT2D eigenvalue weighted by molar-refractivity contribution is 5.89. The first-order chi connectivity index (χ1) is 11.7. The molecule has 0 atom stereocenters. The molecule has 0 bridgehead atoms. The van der Waals surface area contributed by atoms with Crippen LogP contribution in [0.5, 0.6) is 0 Å². The van der Waals surface area contributed by atoms with E-state index in [0.29, 0.717) is 6.54 Å². The van der Waals surface area contributed by atoms with E-state index in [1.54, 1.807) is 12.5 Å². The van der Waals surface area contributed by atoms with Crippen LogP contribution in [0.2, 0.25) is 0 Å². The predicted octanol–water partition coefficient (Wildman–Crippen LogP) is 0.327. The summed E-state index contributed by atoms with van der Waals surface area (Å²) in [5.41, 5.74) is 3.34. The summed E-state index contributed by atoms with van der Waals surface area (Å²) in [6.07, 6.45) is 3.21. The Bertz CT molecular complexity index is 689. The second kappa shape index (κ2) is 7.40. The van der Waals surface area contributed by atoms with Crippen molar-refractivity contribution in [3.63, 3.8) is 0 Å². The van der Waals surface area contributed by atoms with Gasteiger partial charge in [0.05, 0.1) is 0 Å². The van der Waals surface area contributed by atoms with Gasteiger partial charge in [-0.25, -0.2) is 9.97 Å². The van der Waals surface area contributed by atoms with Crippen molar-refractivity contribution in [2.45, 2.75) is 13.5 Å². The number of aromatic nitrogens is 2. The zero-order valence-corrected chi connectivity index (χ0v) is 14.4. The Morgan fingerprint density at radius 2 is 1.83 bits per heavy atom. The van der Waals surface area contributed by atoms with Crippen molar-refractivity contribution in [2.24, 2.45) is 0 Å². The van der Waals surface area contributed by atoms with Gasteiger partial charge < -0.3 is 15.1 Å². The number of hydrogen-bond donors (Lipinski definition) is 2. The Balaban J connectivity index is 1.77. The second-order valence-corrected chi connectivity index (χ2v) is 6.26. The van der Waals surface area contributed by atoms with E-state index >= 15 is 0 Å². The van der Waals surface area contributed by atoms with E-state index in [1.807, 2.05) is 0 Å². The molecule has 0 spiro atoms. The molecule has 3 N–H and O–H groups in total. The topological polar surface area (TPSA) is 69.9 Å². The summed E-state index contributed by atoms with van der Waals surface area (Å²) in [7, 11) is 2.14. The smallest absolute Gasteiger partial charge is 0.174 e. The molecule has 0 saturated carbocycles. The average Bonchev–Trinajstić information content (AvgIpc) is 2.61. The lowest BCUT2D eigenvalue weighted by atomic mass is 10.1. The molecule has 0 aliphatic carbocycles. The van der Waals surface area contributed by atoms with Crippen molar-refractivity contribution in [1.82, 2.24) is 14.9 Å². The minimum Gasteiger partial charge on any atom is -0.365 e. The number of likely N-dealkylation sites (N-methyl/N-ethyl adjacent to an activating group) is 1. The summed E-state index contributed by atoms with van der Waals surface area (Å²) in [5, 5.41) is 9.28. The molecular formula is C18H25N6+. The molecule has 1 fully saturated rings. The standard InChI is InChI=1S/C18H24N6/c1-14-3-5-15(6-4-14)12-20-17-16(11-19)18(22-13-21-17)24-9-7-23(2)8-10-24/h3-6,11,13,19H,7-10,12H2,1-2H3,(H,20,21,22)/p+1. The van der Waals surface area contributed by atoms with Gasteiger partial charge in [0, 0.05) is 32.7 Å². The molecule has 0 radical (unpaired) electrons. The van der Waals surface area contributed by atoms with Gasteiger partial charge in [-0.2, -0.15) is 0 Å². The van der Waals surface area contributed by atoms with Gasteiger partial charge in [0.1, 0.15) is 23.5 Å². The maximum atomic E-state index is 5.89. The van der Waals surface area contributed by atoms with Gasteiger partial charge in [0.15, 0.2) is 6.21 Å². The van der Waals surface area contributed by atoms with Gasteiger partial charge in [-0.3, -0.25) is 5.41 Å². The monoisotopic (exact) mass is 325 g/mol. The molecule has 126 valence electrons. The average molecular weight is 325 g/mol. The molecule has 1 aromatic carbocycles. The first-order valence-corrected chi connectivity index (χ1v) is 8.30. The minimum absolute atomic E-state index is 0.709. The van der Waals surface area contributed by atoms with Crippen molar-refractivity contribution in [1.29, 1.82) is 0 Å². The molecule has 6 heteroatoms. The van der Waals surface area contributed by atoms with Crippen LogP contribution >= 0.6 is 0 Å². The maximum Gasteiger partial charge on any atom is 0.174 e. The summed E-state index contributed by atoms with van der Waals surface area (Å²) < 4.78 is 0. The van der Waals surface area contributed by atoms with Crippen LogP contribution in [0.1, 0.15) is 16.7 Å². The highest BCUT2D eigenvalue weighted by Gasteiger charge is 2.21.